The van der Waals surface area contributed by atoms with Crippen LogP contribution in [-0.4, -0.2) is 48.9 Å². The number of halogens is 2. The molecule has 28 heavy (non-hydrogen) atoms. The number of anilines is 1. The molecular formula is C21H21BrFN3O2. The minimum absolute atomic E-state index is 0.0595. The van der Waals surface area contributed by atoms with E-state index in [1.54, 1.807) is 19.1 Å². The molecule has 2 atom stereocenters. The standard InChI is InChI=1S/C21H21BrFN3O2/c1-14(27)20-19(15-2-4-16(22)5-3-15)21(25-10-12-28-13-11-25)26(24-20)18-8-6-17(23)7-9-18/h2-9,19,21H,10-13H2,1H3. The van der Waals surface area contributed by atoms with E-state index in [0.717, 1.165) is 28.8 Å². The van der Waals surface area contributed by atoms with Gasteiger partial charge in [0.05, 0.1) is 24.8 Å². The second-order valence-electron chi connectivity index (χ2n) is 6.95. The summed E-state index contributed by atoms with van der Waals surface area (Å²) in [6.07, 6.45) is -0.172. The van der Waals surface area contributed by atoms with Crippen molar-refractivity contribution in [3.8, 4) is 0 Å². The third kappa shape index (κ3) is 3.74. The maximum Gasteiger partial charge on any atom is 0.176 e. The van der Waals surface area contributed by atoms with Gasteiger partial charge < -0.3 is 4.74 Å². The molecule has 0 radical (unpaired) electrons. The van der Waals surface area contributed by atoms with Gasteiger partial charge in [-0.1, -0.05) is 28.1 Å². The SMILES string of the molecule is CC(=O)C1=NN(c2ccc(F)cc2)C(N2CCOCC2)C1c1ccc(Br)cc1. The van der Waals surface area contributed by atoms with Crippen LogP contribution in [0.25, 0.3) is 0 Å². The van der Waals surface area contributed by atoms with Crippen LogP contribution in [0.2, 0.25) is 0 Å². The Morgan fingerprint density at radius 3 is 2.36 bits per heavy atom. The van der Waals surface area contributed by atoms with Crippen molar-refractivity contribution in [3.63, 3.8) is 0 Å². The van der Waals surface area contributed by atoms with Gasteiger partial charge in [-0.3, -0.25) is 9.69 Å². The number of hydrogen-bond acceptors (Lipinski definition) is 5. The second kappa shape index (κ2) is 8.11. The van der Waals surface area contributed by atoms with Gasteiger partial charge in [0.1, 0.15) is 17.7 Å². The van der Waals surface area contributed by atoms with E-state index in [0.29, 0.717) is 18.9 Å². The quantitative estimate of drug-likeness (QED) is 0.717. The lowest BCUT2D eigenvalue weighted by Gasteiger charge is -2.39. The molecular weight excluding hydrogens is 425 g/mol. The van der Waals surface area contributed by atoms with Gasteiger partial charge in [0.25, 0.3) is 0 Å². The average Bonchev–Trinajstić information content (AvgIpc) is 3.11. The van der Waals surface area contributed by atoms with Crippen LogP contribution in [0.5, 0.6) is 0 Å². The summed E-state index contributed by atoms with van der Waals surface area (Å²) in [7, 11) is 0. The molecule has 5 nitrogen and oxygen atoms in total. The first-order valence-corrected chi connectivity index (χ1v) is 10.1. The third-order valence-electron chi connectivity index (χ3n) is 5.16. The fourth-order valence-electron chi connectivity index (χ4n) is 3.82. The summed E-state index contributed by atoms with van der Waals surface area (Å²) in [5.74, 6) is -0.560. The molecule has 1 fully saturated rings. The van der Waals surface area contributed by atoms with E-state index < -0.39 is 0 Å². The van der Waals surface area contributed by atoms with Gasteiger partial charge in [0, 0.05) is 24.5 Å². The predicted molar refractivity (Wildman–Crippen MR) is 110 cm³/mol. The third-order valence-corrected chi connectivity index (χ3v) is 5.69. The van der Waals surface area contributed by atoms with E-state index in [1.165, 1.54) is 12.1 Å². The van der Waals surface area contributed by atoms with Crippen LogP contribution in [0, 0.1) is 5.82 Å². The number of ketones is 1. The van der Waals surface area contributed by atoms with Crippen molar-refractivity contribution in [2.45, 2.75) is 19.0 Å². The molecule has 1 saturated heterocycles. The van der Waals surface area contributed by atoms with Gasteiger partial charge in [-0.25, -0.2) is 9.40 Å². The highest BCUT2D eigenvalue weighted by molar-refractivity contribution is 9.10. The van der Waals surface area contributed by atoms with Crippen molar-refractivity contribution in [1.82, 2.24) is 4.90 Å². The number of carbonyl (C=O) groups excluding carboxylic acids is 1. The maximum absolute atomic E-state index is 13.5. The molecule has 0 N–H and O–H groups in total. The Kier molecular flexibility index (Phi) is 5.57. The predicted octanol–water partition coefficient (Wildman–Crippen LogP) is 3.80. The van der Waals surface area contributed by atoms with Crippen LogP contribution in [0.1, 0.15) is 18.4 Å². The molecule has 0 bridgehead atoms. The molecule has 2 aromatic carbocycles. The molecule has 0 amide bonds. The zero-order valence-electron chi connectivity index (χ0n) is 15.5. The zero-order valence-corrected chi connectivity index (χ0v) is 17.1. The van der Waals surface area contributed by atoms with E-state index in [1.807, 2.05) is 29.3 Å². The van der Waals surface area contributed by atoms with Crippen molar-refractivity contribution in [1.29, 1.82) is 0 Å². The molecule has 146 valence electrons. The minimum Gasteiger partial charge on any atom is -0.379 e. The number of ether oxygens (including phenoxy) is 1. The number of hydrogen-bond donors (Lipinski definition) is 0. The summed E-state index contributed by atoms with van der Waals surface area (Å²) in [5.41, 5.74) is 2.30. The summed E-state index contributed by atoms with van der Waals surface area (Å²) in [4.78, 5) is 14.8. The molecule has 2 aliphatic rings. The Balaban J connectivity index is 1.80. The Morgan fingerprint density at radius 2 is 1.75 bits per heavy atom. The first-order chi connectivity index (χ1) is 13.5. The molecule has 2 unspecified atom stereocenters. The molecule has 0 aromatic heterocycles. The van der Waals surface area contributed by atoms with Crippen molar-refractivity contribution < 1.29 is 13.9 Å². The number of carbonyl (C=O) groups is 1. The molecule has 7 heteroatoms. The second-order valence-corrected chi connectivity index (χ2v) is 7.87. The van der Waals surface area contributed by atoms with Crippen molar-refractivity contribution in [3.05, 3.63) is 64.4 Å². The fraction of sp³-hybridized carbons (Fsp3) is 0.333. The molecule has 0 saturated carbocycles. The summed E-state index contributed by atoms with van der Waals surface area (Å²) in [5, 5.41) is 6.56. The summed E-state index contributed by atoms with van der Waals surface area (Å²) >= 11 is 3.48. The average molecular weight is 446 g/mol. The first kappa shape index (κ1) is 19.2. The maximum atomic E-state index is 13.5. The van der Waals surface area contributed by atoms with Crippen LogP contribution in [-0.2, 0) is 9.53 Å². The highest BCUT2D eigenvalue weighted by Gasteiger charge is 2.44. The number of Topliss-reactive ketones (excluding diaryl/α,β-unsaturated/α-hetero) is 1. The fourth-order valence-corrected chi connectivity index (χ4v) is 4.09. The van der Waals surface area contributed by atoms with E-state index in [-0.39, 0.29) is 23.7 Å². The van der Waals surface area contributed by atoms with Gasteiger partial charge in [-0.2, -0.15) is 5.10 Å². The Morgan fingerprint density at radius 1 is 1.11 bits per heavy atom. The normalized spacial score (nSPS) is 23.0. The molecule has 2 aliphatic heterocycles. The number of morpholine rings is 1. The monoisotopic (exact) mass is 445 g/mol. The summed E-state index contributed by atoms with van der Waals surface area (Å²) < 4.78 is 20.0. The van der Waals surface area contributed by atoms with Crippen LogP contribution in [0.4, 0.5) is 10.1 Å². The lowest BCUT2D eigenvalue weighted by Crippen LogP contribution is -2.52. The topological polar surface area (TPSA) is 45.1 Å². The zero-order chi connectivity index (χ0) is 19.7. The van der Waals surface area contributed by atoms with Crippen LogP contribution in [0.15, 0.2) is 58.1 Å². The number of benzene rings is 2. The first-order valence-electron chi connectivity index (χ1n) is 9.26. The minimum atomic E-state index is -0.300. The smallest absolute Gasteiger partial charge is 0.176 e. The van der Waals surface area contributed by atoms with Gasteiger partial charge in [-0.15, -0.1) is 0 Å². The van der Waals surface area contributed by atoms with Gasteiger partial charge in [-0.05, 0) is 42.0 Å². The van der Waals surface area contributed by atoms with Crippen LogP contribution in [0.3, 0.4) is 0 Å². The Bertz CT molecular complexity index is 880. The van der Waals surface area contributed by atoms with Crippen LogP contribution >= 0.6 is 15.9 Å². The largest absolute Gasteiger partial charge is 0.379 e. The van der Waals surface area contributed by atoms with E-state index in [2.05, 4.69) is 20.8 Å². The Hall–Kier alpha value is -2.09. The van der Waals surface area contributed by atoms with Gasteiger partial charge >= 0.3 is 0 Å². The van der Waals surface area contributed by atoms with Gasteiger partial charge in [0.15, 0.2) is 5.78 Å². The highest BCUT2D eigenvalue weighted by Crippen LogP contribution is 2.38. The number of hydrazone groups is 1. The molecule has 2 aromatic rings. The Labute approximate surface area is 171 Å². The molecule has 2 heterocycles. The van der Waals surface area contributed by atoms with Crippen molar-refractivity contribution >= 4 is 33.1 Å². The van der Waals surface area contributed by atoms with E-state index in [9.17, 15) is 9.18 Å². The lowest BCUT2D eigenvalue weighted by atomic mass is 9.89. The van der Waals surface area contributed by atoms with Crippen molar-refractivity contribution in [2.24, 2.45) is 5.10 Å². The molecule has 0 aliphatic carbocycles. The van der Waals surface area contributed by atoms with E-state index >= 15 is 0 Å². The van der Waals surface area contributed by atoms with Gasteiger partial charge in [0.2, 0.25) is 0 Å². The number of nitrogens with zero attached hydrogens (tertiary/aromatic N) is 3. The molecule has 4 rings (SSSR count). The summed E-state index contributed by atoms with van der Waals surface area (Å²) in [6.45, 7) is 4.31. The van der Waals surface area contributed by atoms with Crippen molar-refractivity contribution in [2.75, 3.05) is 31.3 Å². The van der Waals surface area contributed by atoms with E-state index in [4.69, 9.17) is 9.84 Å². The highest BCUT2D eigenvalue weighted by atomic mass is 79.9. The van der Waals surface area contributed by atoms with Crippen LogP contribution < -0.4 is 5.01 Å². The lowest BCUT2D eigenvalue weighted by molar-refractivity contribution is -0.111. The summed E-state index contributed by atoms with van der Waals surface area (Å²) in [6, 6.07) is 14.2. The molecule has 0 spiro atoms. The number of rotatable bonds is 4.